The Hall–Kier alpha value is -5.92. The van der Waals surface area contributed by atoms with Crippen LogP contribution in [0.15, 0.2) is 164 Å². The average Bonchev–Trinajstić information content (AvgIpc) is 3.15. The third kappa shape index (κ3) is 5.10. The van der Waals surface area contributed by atoms with Crippen LogP contribution < -0.4 is 4.90 Å². The normalized spacial score (nSPS) is 11.8. The minimum absolute atomic E-state index is 0.437. The maximum atomic E-state index is 2.44. The lowest BCUT2D eigenvalue weighted by molar-refractivity contribution is 0.865. The molecule has 0 aromatic heterocycles. The molecule has 9 rings (SSSR count). The number of anilines is 3. The summed E-state index contributed by atoms with van der Waals surface area (Å²) in [4.78, 5) is 2.44. The first-order chi connectivity index (χ1) is 24.0. The van der Waals surface area contributed by atoms with E-state index in [9.17, 15) is 0 Å². The lowest BCUT2D eigenvalue weighted by Crippen LogP contribution is -2.12. The Balaban J connectivity index is 1.17. The van der Waals surface area contributed by atoms with Crippen LogP contribution in [0.5, 0.6) is 0 Å². The zero-order valence-electron chi connectivity index (χ0n) is 28.1. The second-order valence-electron chi connectivity index (χ2n) is 13.7. The maximum absolute atomic E-state index is 2.44. The van der Waals surface area contributed by atoms with Crippen molar-refractivity contribution in [1.29, 1.82) is 0 Å². The molecule has 0 N–H and O–H groups in total. The summed E-state index contributed by atoms with van der Waals surface area (Å²) in [7, 11) is 0. The van der Waals surface area contributed by atoms with E-state index in [0.29, 0.717) is 5.92 Å². The summed E-state index contributed by atoms with van der Waals surface area (Å²) in [6, 6.07) is 60.5. The van der Waals surface area contributed by atoms with Crippen molar-refractivity contribution in [3.8, 4) is 44.5 Å². The Bertz CT molecular complexity index is 2520. The number of hydrogen-bond acceptors (Lipinski definition) is 1. The molecule has 1 aliphatic carbocycles. The van der Waals surface area contributed by atoms with Crippen LogP contribution in [0.2, 0.25) is 0 Å². The van der Waals surface area contributed by atoms with E-state index in [2.05, 4.69) is 189 Å². The van der Waals surface area contributed by atoms with E-state index in [4.69, 9.17) is 0 Å². The Kier molecular flexibility index (Phi) is 6.95. The molecule has 0 radical (unpaired) electrons. The summed E-state index contributed by atoms with van der Waals surface area (Å²) in [6.45, 7) is 6.76. The van der Waals surface area contributed by atoms with Gasteiger partial charge in [0.25, 0.3) is 0 Å². The molecule has 0 bridgehead atoms. The lowest BCUT2D eigenvalue weighted by Gasteiger charge is -2.29. The maximum Gasteiger partial charge on any atom is 0.0493 e. The molecule has 0 heterocycles. The monoisotopic (exact) mass is 627 g/mol. The first-order valence-corrected chi connectivity index (χ1v) is 17.3. The van der Waals surface area contributed by atoms with E-state index in [0.717, 1.165) is 11.4 Å². The van der Waals surface area contributed by atoms with Crippen LogP contribution >= 0.6 is 0 Å². The van der Waals surface area contributed by atoms with Crippen molar-refractivity contribution >= 4 is 38.6 Å². The SMILES string of the molecule is Cc1ccc(C(C)C)cc1N(c1cccc(-c2ccccc2)c1)c1ccc2cc3c(cc2c1)-c1cc2cc(-c4ccccc4)ccc2cc1-3. The van der Waals surface area contributed by atoms with Crippen LogP contribution in [0.4, 0.5) is 17.1 Å². The van der Waals surface area contributed by atoms with Crippen molar-refractivity contribution in [2.75, 3.05) is 4.90 Å². The van der Waals surface area contributed by atoms with Crippen LogP contribution in [-0.2, 0) is 0 Å². The Morgan fingerprint density at radius 2 is 0.918 bits per heavy atom. The molecule has 1 nitrogen and oxygen atoms in total. The van der Waals surface area contributed by atoms with Gasteiger partial charge in [-0.25, -0.2) is 0 Å². The molecule has 0 spiro atoms. The third-order valence-corrected chi connectivity index (χ3v) is 10.2. The van der Waals surface area contributed by atoms with Crippen molar-refractivity contribution in [3.05, 3.63) is 175 Å². The van der Waals surface area contributed by atoms with E-state index in [1.54, 1.807) is 0 Å². The number of aryl methyl sites for hydroxylation is 1. The molecule has 0 unspecified atom stereocenters. The van der Waals surface area contributed by atoms with Gasteiger partial charge >= 0.3 is 0 Å². The number of nitrogens with zero attached hydrogens (tertiary/aromatic N) is 1. The van der Waals surface area contributed by atoms with E-state index in [1.807, 2.05) is 0 Å². The van der Waals surface area contributed by atoms with Gasteiger partial charge in [-0.3, -0.25) is 0 Å². The zero-order chi connectivity index (χ0) is 33.1. The molecule has 0 aliphatic heterocycles. The third-order valence-electron chi connectivity index (χ3n) is 10.2. The Morgan fingerprint density at radius 3 is 1.55 bits per heavy atom. The van der Waals surface area contributed by atoms with Gasteiger partial charge < -0.3 is 4.90 Å². The first-order valence-electron chi connectivity index (χ1n) is 17.3. The molecule has 8 aromatic carbocycles. The van der Waals surface area contributed by atoms with Crippen molar-refractivity contribution < 1.29 is 0 Å². The number of rotatable bonds is 6. The van der Waals surface area contributed by atoms with Crippen molar-refractivity contribution in [1.82, 2.24) is 0 Å². The Labute approximate surface area is 288 Å². The van der Waals surface area contributed by atoms with E-state index in [1.165, 1.54) is 82.9 Å². The quantitative estimate of drug-likeness (QED) is 0.177. The number of hydrogen-bond donors (Lipinski definition) is 0. The van der Waals surface area contributed by atoms with Crippen LogP contribution in [-0.4, -0.2) is 0 Å². The summed E-state index contributed by atoms with van der Waals surface area (Å²) in [5, 5.41) is 5.08. The second-order valence-corrected chi connectivity index (χ2v) is 13.7. The second kappa shape index (κ2) is 11.6. The summed E-state index contributed by atoms with van der Waals surface area (Å²) < 4.78 is 0. The van der Waals surface area contributed by atoms with Gasteiger partial charge in [-0.2, -0.15) is 0 Å². The van der Waals surface area contributed by atoms with Gasteiger partial charge in [-0.1, -0.05) is 117 Å². The van der Waals surface area contributed by atoms with Gasteiger partial charge in [0.1, 0.15) is 0 Å². The predicted octanol–water partition coefficient (Wildman–Crippen LogP) is 13.9. The lowest BCUT2D eigenvalue weighted by atomic mass is 9.77. The average molecular weight is 628 g/mol. The number of fused-ring (bicyclic) bond motifs is 6. The predicted molar refractivity (Wildman–Crippen MR) is 210 cm³/mol. The minimum Gasteiger partial charge on any atom is -0.310 e. The smallest absolute Gasteiger partial charge is 0.0493 e. The largest absolute Gasteiger partial charge is 0.310 e. The molecule has 1 heteroatoms. The summed E-state index contributed by atoms with van der Waals surface area (Å²) >= 11 is 0. The molecular formula is C48H37N. The van der Waals surface area contributed by atoms with Gasteiger partial charge in [0.2, 0.25) is 0 Å². The molecule has 0 amide bonds. The van der Waals surface area contributed by atoms with Gasteiger partial charge in [-0.05, 0) is 151 Å². The first kappa shape index (κ1) is 29.2. The molecule has 0 fully saturated rings. The van der Waals surface area contributed by atoms with Gasteiger partial charge in [0.15, 0.2) is 0 Å². The van der Waals surface area contributed by atoms with Crippen molar-refractivity contribution in [2.24, 2.45) is 0 Å². The molecule has 0 saturated carbocycles. The molecule has 0 saturated heterocycles. The van der Waals surface area contributed by atoms with Gasteiger partial charge in [0.05, 0.1) is 0 Å². The fraction of sp³-hybridized carbons (Fsp3) is 0.0833. The van der Waals surface area contributed by atoms with Crippen LogP contribution in [0.3, 0.4) is 0 Å². The molecule has 0 atom stereocenters. The van der Waals surface area contributed by atoms with Crippen molar-refractivity contribution in [2.45, 2.75) is 26.7 Å². The standard InChI is InChI=1S/C48H37N/c1-31(2)35-18-17-32(3)48(30-35)49(42-16-10-15-36(24-42)33-11-6-4-7-12-33)43-22-21-39-27-45-44-26-38-20-19-37(34-13-8-5-9-14-34)23-40(38)28-46(44)47(45)29-41(39)25-43/h4-31H,1-3H3. The van der Waals surface area contributed by atoms with E-state index >= 15 is 0 Å². The fourth-order valence-corrected chi connectivity index (χ4v) is 7.47. The number of benzene rings is 8. The zero-order valence-corrected chi connectivity index (χ0v) is 28.1. The topological polar surface area (TPSA) is 3.24 Å². The summed E-state index contributed by atoms with van der Waals surface area (Å²) in [5.74, 6) is 0.437. The molecule has 1 aliphatic rings. The Morgan fingerprint density at radius 1 is 0.388 bits per heavy atom. The van der Waals surface area contributed by atoms with Gasteiger partial charge in [0, 0.05) is 17.1 Å². The van der Waals surface area contributed by atoms with Crippen LogP contribution in [0, 0.1) is 6.92 Å². The summed E-state index contributed by atoms with van der Waals surface area (Å²) in [6.07, 6.45) is 0. The minimum atomic E-state index is 0.437. The highest BCUT2D eigenvalue weighted by Crippen LogP contribution is 2.51. The highest BCUT2D eigenvalue weighted by molar-refractivity contribution is 6.12. The highest BCUT2D eigenvalue weighted by atomic mass is 15.1. The van der Waals surface area contributed by atoms with E-state index in [-0.39, 0.29) is 0 Å². The van der Waals surface area contributed by atoms with Crippen LogP contribution in [0.25, 0.3) is 66.1 Å². The molecule has 234 valence electrons. The van der Waals surface area contributed by atoms with Gasteiger partial charge in [-0.15, -0.1) is 0 Å². The molecule has 8 aromatic rings. The van der Waals surface area contributed by atoms with E-state index < -0.39 is 0 Å². The molecule has 49 heavy (non-hydrogen) atoms. The van der Waals surface area contributed by atoms with Crippen LogP contribution in [0.1, 0.15) is 30.9 Å². The highest BCUT2D eigenvalue weighted by Gasteiger charge is 2.25. The molecular weight excluding hydrogens is 591 g/mol. The van der Waals surface area contributed by atoms with Crippen molar-refractivity contribution in [3.63, 3.8) is 0 Å². The fourth-order valence-electron chi connectivity index (χ4n) is 7.47. The summed E-state index contributed by atoms with van der Waals surface area (Å²) in [5.41, 5.74) is 16.4.